The number of ether oxygens (including phenoxy) is 2. The van der Waals surface area contributed by atoms with Crippen molar-refractivity contribution in [3.63, 3.8) is 0 Å². The van der Waals surface area contributed by atoms with Crippen LogP contribution in [0.5, 0.6) is 5.75 Å². The molecule has 7 nitrogen and oxygen atoms in total. The zero-order valence-corrected chi connectivity index (χ0v) is 19.5. The van der Waals surface area contributed by atoms with Gasteiger partial charge in [-0.15, -0.1) is 0 Å². The lowest BCUT2D eigenvalue weighted by Gasteiger charge is -2.66. The lowest BCUT2D eigenvalue weighted by molar-refractivity contribution is -0.211. The largest absolute Gasteiger partial charge is 0.486 e. The second-order valence-electron chi connectivity index (χ2n) is 10.9. The molecule has 1 aromatic rings. The normalized spacial score (nSPS) is 36.8. The minimum atomic E-state index is -0.650. The Balaban J connectivity index is 1.78. The van der Waals surface area contributed by atoms with Crippen LogP contribution >= 0.6 is 0 Å². The molecule has 7 heteroatoms. The summed E-state index contributed by atoms with van der Waals surface area (Å²) < 4.78 is 12.1. The van der Waals surface area contributed by atoms with Crippen LogP contribution in [0.1, 0.15) is 78.8 Å². The van der Waals surface area contributed by atoms with E-state index in [4.69, 9.17) is 15.2 Å². The van der Waals surface area contributed by atoms with E-state index in [0.29, 0.717) is 42.2 Å². The van der Waals surface area contributed by atoms with E-state index in [-0.39, 0.29) is 23.0 Å². The van der Waals surface area contributed by atoms with E-state index in [9.17, 15) is 14.4 Å². The number of nitrogens with two attached hydrogens (primary N) is 1. The minimum Gasteiger partial charge on any atom is -0.486 e. The number of ketones is 1. The predicted molar refractivity (Wildman–Crippen MR) is 117 cm³/mol. The number of Topliss-reactive ketones (excluding diaryl/α,β-unsaturated/α-hetero) is 1. The lowest BCUT2D eigenvalue weighted by atomic mass is 9.43. The molecule has 5 atom stereocenters. The van der Waals surface area contributed by atoms with Crippen LogP contribution in [-0.4, -0.2) is 36.4 Å². The van der Waals surface area contributed by atoms with Crippen molar-refractivity contribution in [2.75, 3.05) is 7.11 Å². The molecule has 2 fully saturated rings. The van der Waals surface area contributed by atoms with Crippen molar-refractivity contribution in [2.45, 2.75) is 71.6 Å². The molecular formula is C25H32N2O5. The monoisotopic (exact) mass is 440 g/mol. The maximum atomic E-state index is 13.1. The lowest BCUT2D eigenvalue weighted by Crippen LogP contribution is -2.73. The first-order valence-corrected chi connectivity index (χ1v) is 11.5. The molecule has 0 aromatic heterocycles. The third-order valence-electron chi connectivity index (χ3n) is 9.26. The molecule has 0 unspecified atom stereocenters. The molecule has 2 saturated carbocycles. The quantitative estimate of drug-likeness (QED) is 0.650. The molecule has 0 bridgehead atoms. The van der Waals surface area contributed by atoms with Crippen LogP contribution in [0.25, 0.3) is 0 Å². The highest BCUT2D eigenvalue weighted by Gasteiger charge is 2.69. The molecule has 5 rings (SSSR count). The number of benzene rings is 1. The van der Waals surface area contributed by atoms with E-state index in [1.54, 1.807) is 6.07 Å². The van der Waals surface area contributed by atoms with E-state index in [1.807, 2.05) is 13.8 Å². The highest BCUT2D eigenvalue weighted by atomic mass is 16.5. The highest BCUT2D eigenvalue weighted by Crippen LogP contribution is 2.65. The number of hydrogen-bond acceptors (Lipinski definition) is 6. The van der Waals surface area contributed by atoms with E-state index in [2.05, 4.69) is 19.2 Å². The number of carbonyl (C=O) groups is 3. The Morgan fingerprint density at radius 3 is 2.62 bits per heavy atom. The van der Waals surface area contributed by atoms with Crippen LogP contribution in [0.2, 0.25) is 0 Å². The fraction of sp³-hybridized carbons (Fsp3) is 0.640. The van der Waals surface area contributed by atoms with Crippen LogP contribution < -0.4 is 15.8 Å². The van der Waals surface area contributed by atoms with Gasteiger partial charge >= 0.3 is 5.97 Å². The number of fused-ring (bicyclic) bond motifs is 3. The summed E-state index contributed by atoms with van der Waals surface area (Å²) in [6.45, 7) is 8.81. The van der Waals surface area contributed by atoms with Crippen LogP contribution in [0, 0.1) is 22.7 Å². The summed E-state index contributed by atoms with van der Waals surface area (Å²) in [6, 6.07) is 1.04. The third kappa shape index (κ3) is 2.43. The van der Waals surface area contributed by atoms with Crippen molar-refractivity contribution in [3.05, 3.63) is 28.3 Å². The third-order valence-corrected chi connectivity index (χ3v) is 9.26. The summed E-state index contributed by atoms with van der Waals surface area (Å²) >= 11 is 0. The van der Waals surface area contributed by atoms with Gasteiger partial charge < -0.3 is 20.5 Å². The van der Waals surface area contributed by atoms with E-state index in [1.165, 1.54) is 7.11 Å². The van der Waals surface area contributed by atoms with Gasteiger partial charge in [0.2, 0.25) is 0 Å². The molecule has 1 amide bonds. The standard InChI is InChI=1S/C25H32N2O5/c1-12-6-7-18-23(2,3)20(28)17(26)10-25(18)24(12,4)9-15-14(22(30)31-5)8-13-16(19(15)32-25)11-27-21(13)29/h8,12,17-18H,6-7,9-11,26H2,1-5H3,(H,27,29)/t12-,17+,18-,24+,25-/m0/s1. The van der Waals surface area contributed by atoms with E-state index < -0.39 is 23.0 Å². The van der Waals surface area contributed by atoms with Crippen LogP contribution in [0.15, 0.2) is 6.07 Å². The molecule has 2 heterocycles. The van der Waals surface area contributed by atoms with Gasteiger partial charge in [-0.2, -0.15) is 0 Å². The first-order chi connectivity index (χ1) is 15.0. The Kier molecular flexibility index (Phi) is 4.40. The predicted octanol–water partition coefficient (Wildman–Crippen LogP) is 2.77. The van der Waals surface area contributed by atoms with Gasteiger partial charge in [-0.25, -0.2) is 4.79 Å². The SMILES string of the molecule is COC(=O)c1cc2c(c3c1C[C@]1(C)[C@@H](C)CC[C@H]4C(C)(C)C(=O)[C@H](N)C[C@]41O3)CNC2=O. The molecule has 1 aromatic carbocycles. The summed E-state index contributed by atoms with van der Waals surface area (Å²) in [5, 5.41) is 2.86. The maximum absolute atomic E-state index is 13.1. The van der Waals surface area contributed by atoms with Crippen molar-refractivity contribution in [1.82, 2.24) is 5.32 Å². The van der Waals surface area contributed by atoms with E-state index >= 15 is 0 Å². The van der Waals surface area contributed by atoms with Gasteiger partial charge in [0.25, 0.3) is 5.91 Å². The molecule has 172 valence electrons. The van der Waals surface area contributed by atoms with Gasteiger partial charge in [0.15, 0.2) is 5.78 Å². The van der Waals surface area contributed by atoms with Gasteiger partial charge in [0, 0.05) is 46.4 Å². The van der Waals surface area contributed by atoms with Crippen LogP contribution in [0.3, 0.4) is 0 Å². The van der Waals surface area contributed by atoms with Crippen molar-refractivity contribution in [1.29, 1.82) is 0 Å². The number of rotatable bonds is 1. The first-order valence-electron chi connectivity index (χ1n) is 11.5. The molecule has 32 heavy (non-hydrogen) atoms. The number of methoxy groups -OCH3 is 1. The van der Waals surface area contributed by atoms with Crippen molar-refractivity contribution >= 4 is 17.7 Å². The van der Waals surface area contributed by atoms with Crippen LogP contribution in [-0.2, 0) is 22.5 Å². The van der Waals surface area contributed by atoms with Gasteiger partial charge in [-0.05, 0) is 31.2 Å². The Morgan fingerprint density at radius 2 is 1.94 bits per heavy atom. The zero-order chi connectivity index (χ0) is 23.2. The number of nitrogens with one attached hydrogen (secondary N) is 1. The fourth-order valence-electron chi connectivity index (χ4n) is 7.25. The average Bonchev–Trinajstić information content (AvgIpc) is 3.11. The zero-order valence-electron chi connectivity index (χ0n) is 19.5. The molecule has 0 radical (unpaired) electrons. The van der Waals surface area contributed by atoms with Crippen molar-refractivity contribution in [2.24, 2.45) is 28.4 Å². The Labute approximate surface area is 188 Å². The van der Waals surface area contributed by atoms with Crippen LogP contribution in [0.4, 0.5) is 0 Å². The van der Waals surface area contributed by atoms with Gasteiger partial charge in [-0.1, -0.05) is 27.7 Å². The highest BCUT2D eigenvalue weighted by molar-refractivity contribution is 6.03. The number of esters is 1. The van der Waals surface area contributed by atoms with Gasteiger partial charge in [-0.3, -0.25) is 9.59 Å². The summed E-state index contributed by atoms with van der Waals surface area (Å²) in [5.41, 5.74) is 7.29. The smallest absolute Gasteiger partial charge is 0.338 e. The molecular weight excluding hydrogens is 408 g/mol. The first kappa shape index (κ1) is 21.4. The number of amides is 1. The molecule has 0 saturated heterocycles. The Hall–Kier alpha value is -2.41. The van der Waals surface area contributed by atoms with E-state index in [0.717, 1.165) is 24.0 Å². The molecule has 2 aliphatic heterocycles. The average molecular weight is 441 g/mol. The number of hydrogen-bond donors (Lipinski definition) is 2. The number of carbonyl (C=O) groups excluding carboxylic acids is 3. The Morgan fingerprint density at radius 1 is 1.22 bits per heavy atom. The molecule has 2 aliphatic carbocycles. The summed E-state index contributed by atoms with van der Waals surface area (Å²) in [7, 11) is 1.35. The summed E-state index contributed by atoms with van der Waals surface area (Å²) in [5.74, 6) is 0.315. The minimum absolute atomic E-state index is 0.000790. The molecule has 4 aliphatic rings. The summed E-state index contributed by atoms with van der Waals surface area (Å²) in [6.07, 6.45) is 2.92. The maximum Gasteiger partial charge on any atom is 0.338 e. The summed E-state index contributed by atoms with van der Waals surface area (Å²) in [4.78, 5) is 38.4. The molecule has 1 spiro atoms. The van der Waals surface area contributed by atoms with Gasteiger partial charge in [0.05, 0.1) is 18.7 Å². The Bertz CT molecular complexity index is 1060. The second-order valence-corrected chi connectivity index (χ2v) is 10.9. The van der Waals surface area contributed by atoms with Gasteiger partial charge in [0.1, 0.15) is 11.4 Å². The molecule has 3 N–H and O–H groups in total. The fourth-order valence-corrected chi connectivity index (χ4v) is 7.25. The second kappa shape index (κ2) is 6.56. The van der Waals surface area contributed by atoms with Crippen molar-refractivity contribution in [3.8, 4) is 5.75 Å². The van der Waals surface area contributed by atoms with Crippen molar-refractivity contribution < 1.29 is 23.9 Å². The topological polar surface area (TPSA) is 108 Å².